The number of sulfonamides is 1. The van der Waals surface area contributed by atoms with Crippen molar-refractivity contribution in [3.05, 3.63) is 130 Å². The largest absolute Gasteiger partial charge is 0.355 e. The molecule has 0 radical (unpaired) electrons. The number of aryl methyl sites for hydroxylation is 1. The molecule has 0 aliphatic rings. The summed E-state index contributed by atoms with van der Waals surface area (Å²) in [7, 11) is -4.37. The van der Waals surface area contributed by atoms with Crippen LogP contribution in [-0.4, -0.2) is 44.3 Å². The molecule has 1 atom stereocenters. The van der Waals surface area contributed by atoms with E-state index in [4.69, 9.17) is 23.2 Å². The second kappa shape index (κ2) is 14.7. The molecule has 0 heterocycles. The second-order valence-corrected chi connectivity index (χ2v) is 12.8. The first-order valence-corrected chi connectivity index (χ1v) is 16.1. The van der Waals surface area contributed by atoms with E-state index in [1.807, 2.05) is 37.3 Å². The van der Waals surface area contributed by atoms with E-state index in [1.165, 1.54) is 53.4 Å². The maximum Gasteiger partial charge on any atom is 0.264 e. The molecule has 0 saturated heterocycles. The zero-order valence-corrected chi connectivity index (χ0v) is 26.5. The third-order valence-electron chi connectivity index (χ3n) is 7.01. The van der Waals surface area contributed by atoms with E-state index in [-0.39, 0.29) is 45.7 Å². The first kappa shape index (κ1) is 33.0. The molecule has 7 nitrogen and oxygen atoms in total. The lowest BCUT2D eigenvalue weighted by molar-refractivity contribution is -0.140. The van der Waals surface area contributed by atoms with Gasteiger partial charge in [0.05, 0.1) is 20.6 Å². The topological polar surface area (TPSA) is 86.8 Å². The highest BCUT2D eigenvalue weighted by molar-refractivity contribution is 7.92. The molecule has 0 spiro atoms. The van der Waals surface area contributed by atoms with Gasteiger partial charge in [-0.25, -0.2) is 12.8 Å². The quantitative estimate of drug-likeness (QED) is 0.191. The summed E-state index contributed by atoms with van der Waals surface area (Å²) in [6.07, 6.45) is 0.107. The molecule has 0 saturated carbocycles. The molecule has 4 rings (SSSR count). The fraction of sp³-hybridized carbons (Fsp3) is 0.212. The zero-order chi connectivity index (χ0) is 31.9. The van der Waals surface area contributed by atoms with Crippen LogP contribution in [0.25, 0.3) is 0 Å². The molecule has 11 heteroatoms. The monoisotopic (exact) mass is 655 g/mol. The number of amides is 2. The number of carbonyl (C=O) groups excluding carboxylic acids is 2. The van der Waals surface area contributed by atoms with Crippen LogP contribution in [0.4, 0.5) is 10.1 Å². The number of benzene rings is 4. The van der Waals surface area contributed by atoms with Crippen LogP contribution in [0.15, 0.2) is 102 Å². The third-order valence-corrected chi connectivity index (χ3v) is 9.59. The number of likely N-dealkylation sites (N-methyl/N-ethyl adjacent to an activating group) is 1. The van der Waals surface area contributed by atoms with Crippen molar-refractivity contribution in [2.24, 2.45) is 0 Å². The van der Waals surface area contributed by atoms with Crippen LogP contribution in [0.2, 0.25) is 10.0 Å². The number of nitrogens with zero attached hydrogens (tertiary/aromatic N) is 2. The highest BCUT2D eigenvalue weighted by Gasteiger charge is 2.35. The molecule has 0 unspecified atom stereocenters. The van der Waals surface area contributed by atoms with Crippen LogP contribution in [0.5, 0.6) is 0 Å². The number of nitrogens with one attached hydrogen (secondary N) is 1. The molecule has 1 N–H and O–H groups in total. The molecule has 0 bridgehead atoms. The van der Waals surface area contributed by atoms with Crippen LogP contribution in [-0.2, 0) is 32.6 Å². The Labute approximate surface area is 267 Å². The molecular formula is C33H32Cl2FN3O4S. The van der Waals surface area contributed by atoms with Gasteiger partial charge in [0, 0.05) is 25.1 Å². The zero-order valence-electron chi connectivity index (χ0n) is 24.2. The summed E-state index contributed by atoms with van der Waals surface area (Å²) < 4.78 is 44.0. The molecule has 2 amide bonds. The van der Waals surface area contributed by atoms with Crippen molar-refractivity contribution in [1.82, 2.24) is 10.2 Å². The van der Waals surface area contributed by atoms with E-state index in [0.29, 0.717) is 0 Å². The van der Waals surface area contributed by atoms with Gasteiger partial charge in [-0.2, -0.15) is 0 Å². The molecule has 4 aromatic rings. The number of halogens is 3. The SMILES string of the molecule is CCNC(=O)[C@H](Cc1ccccc1)N(Cc1ccccc1F)C(=O)CN(c1cccc(Cl)c1Cl)S(=O)(=O)c1ccc(C)cc1. The van der Waals surface area contributed by atoms with Crippen molar-refractivity contribution >= 4 is 50.7 Å². The summed E-state index contributed by atoms with van der Waals surface area (Å²) in [5.41, 5.74) is 1.75. The molecule has 0 aliphatic heterocycles. The van der Waals surface area contributed by atoms with Crippen molar-refractivity contribution in [2.45, 2.75) is 37.8 Å². The molecular weight excluding hydrogens is 624 g/mol. The van der Waals surface area contributed by atoms with Crippen LogP contribution in [0.3, 0.4) is 0 Å². The smallest absolute Gasteiger partial charge is 0.264 e. The van der Waals surface area contributed by atoms with Crippen molar-refractivity contribution in [2.75, 3.05) is 17.4 Å². The van der Waals surface area contributed by atoms with Gasteiger partial charge in [0.15, 0.2) is 0 Å². The van der Waals surface area contributed by atoms with Crippen molar-refractivity contribution < 1.29 is 22.4 Å². The van der Waals surface area contributed by atoms with Gasteiger partial charge >= 0.3 is 0 Å². The Hall–Kier alpha value is -3.92. The fourth-order valence-corrected chi connectivity index (χ4v) is 6.57. The van der Waals surface area contributed by atoms with Crippen LogP contribution < -0.4 is 9.62 Å². The van der Waals surface area contributed by atoms with E-state index in [0.717, 1.165) is 15.4 Å². The minimum Gasteiger partial charge on any atom is -0.355 e. The van der Waals surface area contributed by atoms with E-state index >= 15 is 0 Å². The highest BCUT2D eigenvalue weighted by Crippen LogP contribution is 2.35. The summed E-state index contributed by atoms with van der Waals surface area (Å²) in [5, 5.41) is 2.79. The Morgan fingerprint density at radius 3 is 2.20 bits per heavy atom. The van der Waals surface area contributed by atoms with Gasteiger partial charge in [-0.3, -0.25) is 13.9 Å². The minimum atomic E-state index is -4.37. The van der Waals surface area contributed by atoms with Gasteiger partial charge < -0.3 is 10.2 Å². The van der Waals surface area contributed by atoms with Gasteiger partial charge in [0.1, 0.15) is 18.4 Å². The minimum absolute atomic E-state index is 0.0171. The first-order valence-electron chi connectivity index (χ1n) is 13.9. The van der Waals surface area contributed by atoms with E-state index in [2.05, 4.69) is 5.32 Å². The second-order valence-electron chi connectivity index (χ2n) is 10.1. The number of hydrogen-bond donors (Lipinski definition) is 1. The summed E-state index contributed by atoms with van der Waals surface area (Å²) in [4.78, 5) is 29.0. The van der Waals surface area contributed by atoms with Gasteiger partial charge in [-0.15, -0.1) is 0 Å². The predicted octanol–water partition coefficient (Wildman–Crippen LogP) is 6.41. The summed E-state index contributed by atoms with van der Waals surface area (Å²) in [6, 6.07) is 24.5. The molecule has 4 aromatic carbocycles. The predicted molar refractivity (Wildman–Crippen MR) is 172 cm³/mol. The Balaban J connectivity index is 1.84. The van der Waals surface area contributed by atoms with E-state index in [1.54, 1.807) is 25.1 Å². The Bertz CT molecular complexity index is 1720. The molecule has 0 aromatic heterocycles. The lowest BCUT2D eigenvalue weighted by Gasteiger charge is -2.34. The Morgan fingerprint density at radius 2 is 1.55 bits per heavy atom. The van der Waals surface area contributed by atoms with Crippen molar-refractivity contribution in [3.8, 4) is 0 Å². The number of carbonyl (C=O) groups is 2. The average Bonchev–Trinajstić information content (AvgIpc) is 3.01. The third kappa shape index (κ3) is 7.77. The normalized spacial score (nSPS) is 11.9. The summed E-state index contributed by atoms with van der Waals surface area (Å²) in [5.74, 6) is -1.77. The van der Waals surface area contributed by atoms with Crippen molar-refractivity contribution in [1.29, 1.82) is 0 Å². The first-order chi connectivity index (χ1) is 21.0. The Morgan fingerprint density at radius 1 is 0.886 bits per heavy atom. The number of hydrogen-bond acceptors (Lipinski definition) is 4. The van der Waals surface area contributed by atoms with E-state index in [9.17, 15) is 22.4 Å². The molecule has 0 fully saturated rings. The maximum absolute atomic E-state index is 14.9. The van der Waals surface area contributed by atoms with Crippen LogP contribution >= 0.6 is 23.2 Å². The number of anilines is 1. The molecule has 0 aliphatic carbocycles. The summed E-state index contributed by atoms with van der Waals surface area (Å²) >= 11 is 12.8. The summed E-state index contributed by atoms with van der Waals surface area (Å²) in [6.45, 7) is 2.83. The average molecular weight is 657 g/mol. The number of rotatable bonds is 12. The van der Waals surface area contributed by atoms with Gasteiger partial charge in [-0.05, 0) is 49.7 Å². The molecule has 44 heavy (non-hydrogen) atoms. The van der Waals surface area contributed by atoms with Crippen LogP contribution in [0.1, 0.15) is 23.6 Å². The van der Waals surface area contributed by atoms with Crippen LogP contribution in [0, 0.1) is 12.7 Å². The fourth-order valence-electron chi connectivity index (χ4n) is 4.69. The lowest BCUT2D eigenvalue weighted by Crippen LogP contribution is -2.53. The van der Waals surface area contributed by atoms with Gasteiger partial charge in [-0.1, -0.05) is 95.5 Å². The Kier molecular flexibility index (Phi) is 11.0. The lowest BCUT2D eigenvalue weighted by atomic mass is 10.0. The van der Waals surface area contributed by atoms with Crippen molar-refractivity contribution in [3.63, 3.8) is 0 Å². The van der Waals surface area contributed by atoms with Gasteiger partial charge in [0.25, 0.3) is 10.0 Å². The van der Waals surface area contributed by atoms with E-state index < -0.39 is 40.2 Å². The maximum atomic E-state index is 14.9. The van der Waals surface area contributed by atoms with Gasteiger partial charge in [0.2, 0.25) is 11.8 Å². The standard InChI is InChI=1S/C33H32Cl2FN3O4S/c1-3-37-33(41)30(20-24-10-5-4-6-11-24)38(21-25-12-7-8-14-28(25)36)31(40)22-39(29-15-9-13-27(34)32(29)35)44(42,43)26-18-16-23(2)17-19-26/h4-19,30H,3,20-22H2,1-2H3,(H,37,41)/t30-/m0/s1. The highest BCUT2D eigenvalue weighted by atomic mass is 35.5. The molecule has 230 valence electrons.